The third-order valence-electron chi connectivity index (χ3n) is 1.38. The van der Waals surface area contributed by atoms with Crippen molar-refractivity contribution in [1.29, 1.82) is 0 Å². The highest BCUT2D eigenvalue weighted by atomic mass is 79.9. The number of aryl methyl sites for hydroxylation is 1. The maximum Gasteiger partial charge on any atom is 0.263 e. The van der Waals surface area contributed by atoms with E-state index in [0.29, 0.717) is 21.9 Å². The highest BCUT2D eigenvalue weighted by Gasteiger charge is 2.12. The molecular weight excluding hydrogens is 226 g/mol. The van der Waals surface area contributed by atoms with E-state index >= 15 is 0 Å². The van der Waals surface area contributed by atoms with E-state index in [1.807, 2.05) is 0 Å². The first kappa shape index (κ1) is 7.48. The summed E-state index contributed by atoms with van der Waals surface area (Å²) >= 11 is 3.08. The molecule has 0 aliphatic rings. The molecule has 0 aromatic carbocycles. The summed E-state index contributed by atoms with van der Waals surface area (Å²) in [5, 5.41) is 7.16. The van der Waals surface area contributed by atoms with Crippen LogP contribution in [0.1, 0.15) is 5.76 Å². The predicted octanol–water partition coefficient (Wildman–Crippen LogP) is 1.80. The van der Waals surface area contributed by atoms with Gasteiger partial charge in [0, 0.05) is 0 Å². The van der Waals surface area contributed by atoms with Gasteiger partial charge in [0.05, 0.1) is 6.20 Å². The Morgan fingerprint density at radius 2 is 2.25 bits per heavy atom. The number of rotatable bonds is 1. The van der Waals surface area contributed by atoms with Gasteiger partial charge < -0.3 is 9.05 Å². The molecule has 0 saturated heterocycles. The van der Waals surface area contributed by atoms with Gasteiger partial charge in [0.2, 0.25) is 4.73 Å². The van der Waals surface area contributed by atoms with Crippen LogP contribution in [0.2, 0.25) is 0 Å². The molecule has 12 heavy (non-hydrogen) atoms. The average Bonchev–Trinajstić information content (AvgIpc) is 2.58. The molecule has 0 atom stereocenters. The molecule has 0 spiro atoms. The van der Waals surface area contributed by atoms with Crippen molar-refractivity contribution >= 4 is 15.9 Å². The fourth-order valence-corrected chi connectivity index (χ4v) is 1.05. The zero-order chi connectivity index (χ0) is 8.55. The Kier molecular flexibility index (Phi) is 1.69. The van der Waals surface area contributed by atoms with Gasteiger partial charge >= 0.3 is 0 Å². The highest BCUT2D eigenvalue weighted by Crippen LogP contribution is 2.21. The summed E-state index contributed by atoms with van der Waals surface area (Å²) in [5.74, 6) is 1.06. The van der Waals surface area contributed by atoms with Crippen LogP contribution in [0.25, 0.3) is 11.5 Å². The number of nitrogens with zero attached hydrogens (tertiary/aromatic N) is 3. The largest absolute Gasteiger partial charge is 0.361 e. The monoisotopic (exact) mass is 229 g/mol. The molecule has 0 unspecified atom stereocenters. The second-order valence-corrected chi connectivity index (χ2v) is 2.87. The molecule has 0 amide bonds. The fraction of sp³-hybridized carbons (Fsp3) is 0.167. The molecule has 0 N–H and O–H groups in total. The Morgan fingerprint density at radius 3 is 2.75 bits per heavy atom. The van der Waals surface area contributed by atoms with Crippen molar-refractivity contribution in [2.24, 2.45) is 0 Å². The Bertz CT molecular complexity index is 395. The van der Waals surface area contributed by atoms with Crippen LogP contribution in [0.15, 0.2) is 20.0 Å². The van der Waals surface area contributed by atoms with Crippen LogP contribution in [0.4, 0.5) is 0 Å². The minimum Gasteiger partial charge on any atom is -0.361 e. The summed E-state index contributed by atoms with van der Waals surface area (Å²) in [6, 6.07) is 0. The molecule has 6 heteroatoms. The maximum absolute atomic E-state index is 4.88. The average molecular weight is 230 g/mol. The molecule has 0 fully saturated rings. The highest BCUT2D eigenvalue weighted by molar-refractivity contribution is 9.10. The SMILES string of the molecule is Cc1oncc1-c1nc(Br)no1. The maximum atomic E-state index is 4.88. The van der Waals surface area contributed by atoms with Gasteiger partial charge in [-0.2, -0.15) is 4.98 Å². The molecule has 0 bridgehead atoms. The molecule has 5 nitrogen and oxygen atoms in total. The summed E-state index contributed by atoms with van der Waals surface area (Å²) in [7, 11) is 0. The van der Waals surface area contributed by atoms with Crippen LogP contribution in [-0.2, 0) is 0 Å². The van der Waals surface area contributed by atoms with Crippen LogP contribution < -0.4 is 0 Å². The zero-order valence-corrected chi connectivity index (χ0v) is 7.70. The van der Waals surface area contributed by atoms with Gasteiger partial charge in [0.25, 0.3) is 5.89 Å². The molecule has 0 aliphatic heterocycles. The van der Waals surface area contributed by atoms with E-state index in [1.54, 1.807) is 6.92 Å². The van der Waals surface area contributed by atoms with Crippen molar-refractivity contribution in [2.45, 2.75) is 6.92 Å². The van der Waals surface area contributed by atoms with Crippen molar-refractivity contribution in [1.82, 2.24) is 15.3 Å². The normalized spacial score (nSPS) is 10.5. The van der Waals surface area contributed by atoms with Crippen molar-refractivity contribution in [2.75, 3.05) is 0 Å². The van der Waals surface area contributed by atoms with Crippen LogP contribution >= 0.6 is 15.9 Å². The van der Waals surface area contributed by atoms with E-state index in [1.165, 1.54) is 6.20 Å². The minimum atomic E-state index is 0.403. The molecule has 0 aliphatic carbocycles. The zero-order valence-electron chi connectivity index (χ0n) is 6.11. The van der Waals surface area contributed by atoms with Crippen LogP contribution in [0.3, 0.4) is 0 Å². The smallest absolute Gasteiger partial charge is 0.263 e. The molecule has 2 heterocycles. The van der Waals surface area contributed by atoms with Crippen molar-refractivity contribution < 1.29 is 9.05 Å². The van der Waals surface area contributed by atoms with Crippen LogP contribution in [0.5, 0.6) is 0 Å². The summed E-state index contributed by atoms with van der Waals surface area (Å²) in [6.07, 6.45) is 1.54. The Labute approximate surface area is 75.9 Å². The Morgan fingerprint density at radius 1 is 1.42 bits per heavy atom. The second kappa shape index (κ2) is 2.71. The van der Waals surface area contributed by atoms with Gasteiger partial charge in [0.15, 0.2) is 0 Å². The van der Waals surface area contributed by atoms with Crippen LogP contribution in [0, 0.1) is 6.92 Å². The standard InChI is InChI=1S/C6H4BrN3O2/c1-3-4(2-8-11-3)5-9-6(7)10-12-5/h2H,1H3. The third-order valence-corrected chi connectivity index (χ3v) is 1.70. The lowest BCUT2D eigenvalue weighted by molar-refractivity contribution is 0.395. The number of halogens is 1. The lowest BCUT2D eigenvalue weighted by Gasteiger charge is -1.84. The second-order valence-electron chi connectivity index (χ2n) is 2.16. The Balaban J connectivity index is 2.50. The topological polar surface area (TPSA) is 65.0 Å². The summed E-state index contributed by atoms with van der Waals surface area (Å²) in [5.41, 5.74) is 0.716. The number of hydrogen-bond donors (Lipinski definition) is 0. The number of aromatic nitrogens is 3. The van der Waals surface area contributed by atoms with Gasteiger partial charge in [-0.25, -0.2) is 0 Å². The van der Waals surface area contributed by atoms with Gasteiger partial charge in [-0.1, -0.05) is 5.16 Å². The quantitative estimate of drug-likeness (QED) is 0.747. The number of hydrogen-bond acceptors (Lipinski definition) is 5. The van der Waals surface area contributed by atoms with Crippen LogP contribution in [-0.4, -0.2) is 15.3 Å². The van der Waals surface area contributed by atoms with E-state index in [2.05, 4.69) is 31.2 Å². The molecule has 62 valence electrons. The molecule has 2 aromatic rings. The fourth-order valence-electron chi connectivity index (χ4n) is 0.819. The van der Waals surface area contributed by atoms with Crippen molar-refractivity contribution in [3.63, 3.8) is 0 Å². The predicted molar refractivity (Wildman–Crippen MR) is 42.2 cm³/mol. The molecule has 0 radical (unpaired) electrons. The molecule has 2 rings (SSSR count). The van der Waals surface area contributed by atoms with E-state index in [-0.39, 0.29) is 0 Å². The lowest BCUT2D eigenvalue weighted by atomic mass is 10.3. The summed E-state index contributed by atoms with van der Waals surface area (Å²) in [6.45, 7) is 1.78. The lowest BCUT2D eigenvalue weighted by Crippen LogP contribution is -1.75. The first-order chi connectivity index (χ1) is 5.77. The van der Waals surface area contributed by atoms with E-state index in [0.717, 1.165) is 0 Å². The van der Waals surface area contributed by atoms with Gasteiger partial charge in [0.1, 0.15) is 11.3 Å². The first-order valence-corrected chi connectivity index (χ1v) is 3.97. The molecular formula is C6H4BrN3O2. The van der Waals surface area contributed by atoms with Gasteiger partial charge in [-0.3, -0.25) is 0 Å². The summed E-state index contributed by atoms with van der Waals surface area (Å²) in [4.78, 5) is 3.95. The van der Waals surface area contributed by atoms with Gasteiger partial charge in [-0.15, -0.1) is 0 Å². The van der Waals surface area contributed by atoms with Gasteiger partial charge in [-0.05, 0) is 28.0 Å². The van der Waals surface area contributed by atoms with E-state index in [9.17, 15) is 0 Å². The summed E-state index contributed by atoms with van der Waals surface area (Å²) < 4.78 is 10.1. The van der Waals surface area contributed by atoms with Crippen molar-refractivity contribution in [3.05, 3.63) is 16.7 Å². The van der Waals surface area contributed by atoms with E-state index in [4.69, 9.17) is 9.05 Å². The first-order valence-electron chi connectivity index (χ1n) is 3.18. The van der Waals surface area contributed by atoms with Crippen molar-refractivity contribution in [3.8, 4) is 11.5 Å². The molecule has 0 saturated carbocycles. The van der Waals surface area contributed by atoms with E-state index < -0.39 is 0 Å². The molecule has 2 aromatic heterocycles. The minimum absolute atomic E-state index is 0.403. The third kappa shape index (κ3) is 1.14. The Hall–Kier alpha value is -1.17.